The summed E-state index contributed by atoms with van der Waals surface area (Å²) in [6.07, 6.45) is 0.439. The van der Waals surface area contributed by atoms with Gasteiger partial charge in [-0.05, 0) is 12.8 Å². The van der Waals surface area contributed by atoms with Crippen LogP contribution in [0.15, 0.2) is 0 Å². The van der Waals surface area contributed by atoms with Crippen molar-refractivity contribution < 1.29 is 9.59 Å². The minimum atomic E-state index is -0.470. The number of amides is 2. The molecule has 0 bridgehead atoms. The van der Waals surface area contributed by atoms with E-state index in [1.807, 2.05) is 25.6 Å². The zero-order chi connectivity index (χ0) is 14.3. The first-order chi connectivity index (χ1) is 8.99. The number of thioether (sulfide) groups is 1. The lowest BCUT2D eigenvalue weighted by molar-refractivity contribution is -0.128. The maximum Gasteiger partial charge on any atom is 0.242 e. The summed E-state index contributed by atoms with van der Waals surface area (Å²) in [5.74, 6) is 2.29. The summed E-state index contributed by atoms with van der Waals surface area (Å²) in [5, 5.41) is 8.88. The van der Waals surface area contributed by atoms with Crippen molar-refractivity contribution in [3.05, 3.63) is 0 Å². The molecular formula is C13H25N3O2S. The monoisotopic (exact) mass is 287 g/mol. The van der Waals surface area contributed by atoms with E-state index in [4.69, 9.17) is 0 Å². The van der Waals surface area contributed by atoms with E-state index in [0.29, 0.717) is 18.9 Å². The van der Waals surface area contributed by atoms with E-state index < -0.39 is 6.04 Å². The van der Waals surface area contributed by atoms with E-state index in [1.165, 1.54) is 0 Å². The van der Waals surface area contributed by atoms with Crippen LogP contribution in [-0.4, -0.2) is 48.5 Å². The number of hydrogen-bond donors (Lipinski definition) is 3. The lowest BCUT2D eigenvalue weighted by Crippen LogP contribution is -2.48. The Hall–Kier alpha value is -0.750. The molecule has 5 nitrogen and oxygen atoms in total. The first-order valence-electron chi connectivity index (χ1n) is 6.87. The molecule has 0 aromatic heterocycles. The van der Waals surface area contributed by atoms with Gasteiger partial charge in [0.25, 0.3) is 0 Å². The van der Waals surface area contributed by atoms with Gasteiger partial charge in [0, 0.05) is 37.1 Å². The molecule has 1 fully saturated rings. The van der Waals surface area contributed by atoms with E-state index in [1.54, 1.807) is 6.92 Å². The van der Waals surface area contributed by atoms with Crippen LogP contribution in [0.2, 0.25) is 0 Å². The van der Waals surface area contributed by atoms with Crippen LogP contribution in [0.4, 0.5) is 0 Å². The molecule has 1 rings (SSSR count). The lowest BCUT2D eigenvalue weighted by atomic mass is 10.2. The van der Waals surface area contributed by atoms with Crippen LogP contribution in [-0.2, 0) is 9.59 Å². The van der Waals surface area contributed by atoms with Gasteiger partial charge in [0.15, 0.2) is 0 Å². The Morgan fingerprint density at radius 3 is 2.68 bits per heavy atom. The summed E-state index contributed by atoms with van der Waals surface area (Å²) in [4.78, 5) is 23.6. The van der Waals surface area contributed by atoms with Crippen molar-refractivity contribution in [3.8, 4) is 0 Å². The fraction of sp³-hybridized carbons (Fsp3) is 0.846. The summed E-state index contributed by atoms with van der Waals surface area (Å²) in [6, 6.07) is -0.243. The van der Waals surface area contributed by atoms with E-state index in [-0.39, 0.29) is 17.9 Å². The molecule has 1 saturated heterocycles. The molecule has 0 spiro atoms. The van der Waals surface area contributed by atoms with Gasteiger partial charge in [-0.2, -0.15) is 11.8 Å². The maximum atomic E-state index is 11.8. The molecule has 3 N–H and O–H groups in total. The zero-order valence-corrected chi connectivity index (χ0v) is 12.8. The standard InChI is InChI=1S/C13H25N3O2S/c1-9(2)7-15-13(18)10(3)16-12(17)6-11-8-19-5-4-14-11/h9-11,14H,4-8H2,1-3H3,(H,15,18)(H,16,17). The van der Waals surface area contributed by atoms with Crippen molar-refractivity contribution in [1.29, 1.82) is 0 Å². The zero-order valence-electron chi connectivity index (χ0n) is 12.0. The number of hydrogen-bond acceptors (Lipinski definition) is 4. The lowest BCUT2D eigenvalue weighted by Gasteiger charge is -2.23. The van der Waals surface area contributed by atoms with Crippen LogP contribution in [0.25, 0.3) is 0 Å². The molecule has 19 heavy (non-hydrogen) atoms. The van der Waals surface area contributed by atoms with Crippen LogP contribution < -0.4 is 16.0 Å². The Bertz CT molecular complexity index is 304. The molecule has 0 radical (unpaired) electrons. The molecule has 1 heterocycles. The molecular weight excluding hydrogens is 262 g/mol. The van der Waals surface area contributed by atoms with E-state index >= 15 is 0 Å². The fourth-order valence-electron chi connectivity index (χ4n) is 1.80. The first kappa shape index (κ1) is 16.3. The predicted octanol–water partition coefficient (Wildman–Crippen LogP) is 0.358. The number of carbonyl (C=O) groups is 2. The van der Waals surface area contributed by atoms with Crippen molar-refractivity contribution in [2.24, 2.45) is 5.92 Å². The molecule has 0 aliphatic carbocycles. The highest BCUT2D eigenvalue weighted by molar-refractivity contribution is 7.99. The molecule has 2 atom stereocenters. The third kappa shape index (κ3) is 6.82. The SMILES string of the molecule is CC(C)CNC(=O)C(C)NC(=O)CC1CSCCN1. The molecule has 1 aliphatic heterocycles. The van der Waals surface area contributed by atoms with Gasteiger partial charge in [0.1, 0.15) is 6.04 Å². The van der Waals surface area contributed by atoms with Crippen LogP contribution in [0.5, 0.6) is 0 Å². The van der Waals surface area contributed by atoms with Gasteiger partial charge in [-0.3, -0.25) is 9.59 Å². The second-order valence-electron chi connectivity index (χ2n) is 5.36. The van der Waals surface area contributed by atoms with Gasteiger partial charge < -0.3 is 16.0 Å². The number of carbonyl (C=O) groups excluding carboxylic acids is 2. The third-order valence-corrected chi connectivity index (χ3v) is 4.02. The highest BCUT2D eigenvalue weighted by atomic mass is 32.2. The van der Waals surface area contributed by atoms with Crippen LogP contribution >= 0.6 is 11.8 Å². The molecule has 2 amide bonds. The second-order valence-corrected chi connectivity index (χ2v) is 6.51. The topological polar surface area (TPSA) is 70.2 Å². The average molecular weight is 287 g/mol. The molecule has 6 heteroatoms. The Morgan fingerprint density at radius 2 is 2.11 bits per heavy atom. The highest BCUT2D eigenvalue weighted by Crippen LogP contribution is 2.10. The second kappa shape index (κ2) is 8.43. The minimum absolute atomic E-state index is 0.0628. The average Bonchev–Trinajstić information content (AvgIpc) is 2.36. The predicted molar refractivity (Wildman–Crippen MR) is 79.2 cm³/mol. The Labute approximate surface area is 119 Å². The quantitative estimate of drug-likeness (QED) is 0.660. The third-order valence-electron chi connectivity index (χ3n) is 2.89. The van der Waals surface area contributed by atoms with Gasteiger partial charge in [-0.25, -0.2) is 0 Å². The Kier molecular flexibility index (Phi) is 7.23. The van der Waals surface area contributed by atoms with Crippen LogP contribution in [0.3, 0.4) is 0 Å². The summed E-state index contributed by atoms with van der Waals surface area (Å²) in [5.41, 5.74) is 0. The molecule has 0 aromatic rings. The fourth-order valence-corrected chi connectivity index (χ4v) is 2.75. The number of nitrogens with one attached hydrogen (secondary N) is 3. The summed E-state index contributed by atoms with van der Waals surface area (Å²) < 4.78 is 0. The van der Waals surface area contributed by atoms with Crippen molar-refractivity contribution in [1.82, 2.24) is 16.0 Å². The maximum absolute atomic E-state index is 11.8. The van der Waals surface area contributed by atoms with Crippen molar-refractivity contribution >= 4 is 23.6 Å². The molecule has 1 aliphatic rings. The first-order valence-corrected chi connectivity index (χ1v) is 8.02. The van der Waals surface area contributed by atoms with Crippen LogP contribution in [0, 0.1) is 5.92 Å². The molecule has 0 aromatic carbocycles. The Morgan fingerprint density at radius 1 is 1.37 bits per heavy atom. The highest BCUT2D eigenvalue weighted by Gasteiger charge is 2.20. The molecule has 2 unspecified atom stereocenters. The minimum Gasteiger partial charge on any atom is -0.354 e. The van der Waals surface area contributed by atoms with Gasteiger partial charge >= 0.3 is 0 Å². The summed E-state index contributed by atoms with van der Waals surface area (Å²) in [6.45, 7) is 7.38. The van der Waals surface area contributed by atoms with E-state index in [2.05, 4.69) is 16.0 Å². The van der Waals surface area contributed by atoms with Gasteiger partial charge in [-0.15, -0.1) is 0 Å². The van der Waals surface area contributed by atoms with Crippen molar-refractivity contribution in [2.75, 3.05) is 24.6 Å². The molecule has 110 valence electrons. The van der Waals surface area contributed by atoms with Gasteiger partial charge in [0.05, 0.1) is 0 Å². The Balaban J connectivity index is 2.24. The van der Waals surface area contributed by atoms with Gasteiger partial charge in [-0.1, -0.05) is 13.8 Å². The van der Waals surface area contributed by atoms with Crippen molar-refractivity contribution in [3.63, 3.8) is 0 Å². The van der Waals surface area contributed by atoms with E-state index in [9.17, 15) is 9.59 Å². The normalized spacial score (nSPS) is 20.9. The summed E-state index contributed by atoms with van der Waals surface area (Å²) >= 11 is 1.86. The molecule has 0 saturated carbocycles. The van der Waals surface area contributed by atoms with Crippen molar-refractivity contribution in [2.45, 2.75) is 39.3 Å². The smallest absolute Gasteiger partial charge is 0.242 e. The summed E-state index contributed by atoms with van der Waals surface area (Å²) in [7, 11) is 0. The number of rotatable bonds is 6. The largest absolute Gasteiger partial charge is 0.354 e. The van der Waals surface area contributed by atoms with E-state index in [0.717, 1.165) is 18.1 Å². The van der Waals surface area contributed by atoms with Gasteiger partial charge in [0.2, 0.25) is 11.8 Å². The van der Waals surface area contributed by atoms with Crippen LogP contribution in [0.1, 0.15) is 27.2 Å².